The summed E-state index contributed by atoms with van der Waals surface area (Å²) in [4.78, 5) is 0. The van der Waals surface area contributed by atoms with Gasteiger partial charge in [0.1, 0.15) is 6.10 Å². The monoisotopic (exact) mass is 238 g/mol. The quantitative estimate of drug-likeness (QED) is 0.743. The van der Waals surface area contributed by atoms with Gasteiger partial charge >= 0.3 is 0 Å². The average Bonchev–Trinajstić information content (AvgIpc) is 2.83. The van der Waals surface area contributed by atoms with Crippen molar-refractivity contribution in [2.45, 2.75) is 31.8 Å². The molecule has 0 spiro atoms. The molecule has 0 aliphatic carbocycles. The third-order valence-corrected chi connectivity index (χ3v) is 3.00. The highest BCUT2D eigenvalue weighted by molar-refractivity contribution is 6.01. The smallest absolute Gasteiger partial charge is 0.298 e. The molecule has 4 heteroatoms. The van der Waals surface area contributed by atoms with Crippen molar-refractivity contribution in [1.29, 1.82) is 0 Å². The molecule has 2 nitrogen and oxygen atoms in total. The Labute approximate surface area is 99.1 Å². The molecular weight excluding hydrogens is 224 g/mol. The van der Waals surface area contributed by atoms with E-state index in [9.17, 15) is 14.2 Å². The Balaban J connectivity index is 2.31. The van der Waals surface area contributed by atoms with Crippen LogP contribution in [-0.2, 0) is 10.7 Å². The zero-order chi connectivity index (χ0) is 12.5. The minimum absolute atomic E-state index is 0.0370. The first-order chi connectivity index (χ1) is 8.01. The molecule has 1 aliphatic rings. The fourth-order valence-electron chi connectivity index (χ4n) is 2.00. The minimum Gasteiger partial charge on any atom is -0.807 e. The average molecular weight is 238 g/mol. The molecule has 1 aromatic rings. The summed E-state index contributed by atoms with van der Waals surface area (Å²) in [5.74, 6) is -3.00. The lowest BCUT2D eigenvalue weighted by molar-refractivity contribution is -0.122. The first kappa shape index (κ1) is 12.2. The number of benzene rings is 1. The number of ether oxygens (including phenoxy) is 1. The third kappa shape index (κ3) is 2.36. The highest BCUT2D eigenvalue weighted by Crippen LogP contribution is 2.38. The molecule has 2 rings (SSSR count). The summed E-state index contributed by atoms with van der Waals surface area (Å²) in [6.45, 7) is 1.87. The van der Waals surface area contributed by atoms with E-state index in [1.807, 2.05) is 0 Å². The van der Waals surface area contributed by atoms with E-state index in [4.69, 9.17) is 4.74 Å². The normalized spacial score (nSPS) is 20.5. The van der Waals surface area contributed by atoms with Crippen LogP contribution in [0.25, 0.3) is 5.41 Å². The molecule has 1 heterocycles. The summed E-state index contributed by atoms with van der Waals surface area (Å²) < 4.78 is 33.2. The van der Waals surface area contributed by atoms with Crippen LogP contribution in [0.4, 0.5) is 8.78 Å². The fourth-order valence-corrected chi connectivity index (χ4v) is 2.00. The summed E-state index contributed by atoms with van der Waals surface area (Å²) in [7, 11) is 0. The van der Waals surface area contributed by atoms with E-state index in [1.165, 1.54) is 25.1 Å². The number of nitrogens with zero attached hydrogens (tertiary/aromatic N) is 1. The Kier molecular flexibility index (Phi) is 3.24. The van der Waals surface area contributed by atoms with Crippen molar-refractivity contribution in [2.75, 3.05) is 6.61 Å². The molecule has 1 atom stereocenters. The zero-order valence-corrected chi connectivity index (χ0v) is 9.62. The van der Waals surface area contributed by atoms with Gasteiger partial charge in [-0.1, -0.05) is 25.1 Å². The van der Waals surface area contributed by atoms with Crippen LogP contribution in [0, 0.1) is 0 Å². The van der Waals surface area contributed by atoms with Crippen LogP contribution in [0.1, 0.15) is 30.9 Å². The molecule has 1 aliphatic heterocycles. The van der Waals surface area contributed by atoms with Gasteiger partial charge in [-0.25, -0.2) is 0 Å². The van der Waals surface area contributed by atoms with Crippen LogP contribution in [0.15, 0.2) is 24.3 Å². The second kappa shape index (κ2) is 4.53. The summed E-state index contributed by atoms with van der Waals surface area (Å²) in [6.07, 6.45) is 0.00111. The molecule has 0 radical (unpaired) electrons. The summed E-state index contributed by atoms with van der Waals surface area (Å²) in [5.41, 5.74) is 0.352. The SMILES string of the molecule is CC(=[N-])c1cccc(C(F)(F)C2CCCO2)c1. The highest BCUT2D eigenvalue weighted by Gasteiger charge is 2.43. The molecule has 1 saturated heterocycles. The highest BCUT2D eigenvalue weighted by atomic mass is 19.3. The molecule has 92 valence electrons. The van der Waals surface area contributed by atoms with Crippen molar-refractivity contribution in [1.82, 2.24) is 0 Å². The Bertz CT molecular complexity index is 425. The molecule has 1 unspecified atom stereocenters. The Morgan fingerprint density at radius 3 is 2.82 bits per heavy atom. The molecule has 0 saturated carbocycles. The summed E-state index contributed by atoms with van der Waals surface area (Å²) in [6, 6.07) is 5.81. The van der Waals surface area contributed by atoms with E-state index in [1.54, 1.807) is 6.07 Å². The van der Waals surface area contributed by atoms with Crippen molar-refractivity contribution in [3.05, 3.63) is 40.8 Å². The molecule has 1 fully saturated rings. The fraction of sp³-hybridized carbons (Fsp3) is 0.462. The number of hydrogen-bond acceptors (Lipinski definition) is 1. The number of hydrogen-bond donors (Lipinski definition) is 0. The van der Waals surface area contributed by atoms with Gasteiger partial charge in [-0.2, -0.15) is 14.5 Å². The lowest BCUT2D eigenvalue weighted by atomic mass is 9.98. The maximum Gasteiger partial charge on any atom is 0.298 e. The zero-order valence-electron chi connectivity index (χ0n) is 9.62. The Hall–Kier alpha value is -1.29. The van der Waals surface area contributed by atoms with E-state index in [-0.39, 0.29) is 11.3 Å². The van der Waals surface area contributed by atoms with Gasteiger partial charge < -0.3 is 10.1 Å². The molecule has 0 amide bonds. The topological polar surface area (TPSA) is 31.5 Å². The van der Waals surface area contributed by atoms with Crippen LogP contribution in [0.5, 0.6) is 0 Å². The van der Waals surface area contributed by atoms with Crippen molar-refractivity contribution < 1.29 is 13.5 Å². The number of rotatable bonds is 3. The van der Waals surface area contributed by atoms with Crippen molar-refractivity contribution in [2.24, 2.45) is 0 Å². The van der Waals surface area contributed by atoms with Crippen molar-refractivity contribution in [3.63, 3.8) is 0 Å². The molecule has 1 aromatic carbocycles. The predicted octanol–water partition coefficient (Wildman–Crippen LogP) is 3.34. The van der Waals surface area contributed by atoms with Crippen LogP contribution in [-0.4, -0.2) is 18.4 Å². The van der Waals surface area contributed by atoms with E-state index in [0.29, 0.717) is 25.0 Å². The van der Waals surface area contributed by atoms with Crippen molar-refractivity contribution >= 4 is 5.71 Å². The van der Waals surface area contributed by atoms with E-state index in [0.717, 1.165) is 0 Å². The van der Waals surface area contributed by atoms with Gasteiger partial charge in [-0.3, -0.25) is 0 Å². The summed E-state index contributed by atoms with van der Waals surface area (Å²) >= 11 is 0. The summed E-state index contributed by atoms with van der Waals surface area (Å²) in [5, 5.41) is 9.32. The lowest BCUT2D eigenvalue weighted by Crippen LogP contribution is -2.30. The maximum absolute atomic E-state index is 14.1. The first-order valence-electron chi connectivity index (χ1n) is 5.64. The standard InChI is InChI=1S/C13H14F2NO/c1-9(16)10-4-2-5-11(8-10)13(14,15)12-6-3-7-17-12/h2,4-5,8,12H,3,6-7H2,1H3/q-1. The molecule has 17 heavy (non-hydrogen) atoms. The van der Waals surface area contributed by atoms with Gasteiger partial charge in [0.05, 0.1) is 0 Å². The molecule has 0 N–H and O–H groups in total. The third-order valence-electron chi connectivity index (χ3n) is 3.00. The van der Waals surface area contributed by atoms with Crippen LogP contribution in [0.3, 0.4) is 0 Å². The molecule has 0 aromatic heterocycles. The van der Waals surface area contributed by atoms with E-state index < -0.39 is 12.0 Å². The largest absolute Gasteiger partial charge is 0.807 e. The van der Waals surface area contributed by atoms with E-state index in [2.05, 4.69) is 0 Å². The number of halogens is 2. The van der Waals surface area contributed by atoms with Crippen LogP contribution < -0.4 is 0 Å². The van der Waals surface area contributed by atoms with Crippen LogP contribution >= 0.6 is 0 Å². The minimum atomic E-state index is -3.00. The lowest BCUT2D eigenvalue weighted by Gasteiger charge is -2.23. The second-order valence-electron chi connectivity index (χ2n) is 4.29. The van der Waals surface area contributed by atoms with Gasteiger partial charge in [0, 0.05) is 12.2 Å². The second-order valence-corrected chi connectivity index (χ2v) is 4.29. The first-order valence-corrected chi connectivity index (χ1v) is 5.64. The van der Waals surface area contributed by atoms with Gasteiger partial charge in [-0.15, -0.1) is 0 Å². The molecular formula is C13H14F2NO-. The van der Waals surface area contributed by atoms with Crippen LogP contribution in [0.2, 0.25) is 0 Å². The molecule has 0 bridgehead atoms. The Morgan fingerprint density at radius 1 is 1.47 bits per heavy atom. The Morgan fingerprint density at radius 2 is 2.24 bits per heavy atom. The maximum atomic E-state index is 14.1. The van der Waals surface area contributed by atoms with Gasteiger partial charge in [-0.05, 0) is 24.5 Å². The predicted molar refractivity (Wildman–Crippen MR) is 62.5 cm³/mol. The van der Waals surface area contributed by atoms with Gasteiger partial charge in [0.25, 0.3) is 5.92 Å². The number of alkyl halides is 2. The van der Waals surface area contributed by atoms with Crippen molar-refractivity contribution in [3.8, 4) is 0 Å². The van der Waals surface area contributed by atoms with Gasteiger partial charge in [0.2, 0.25) is 0 Å². The van der Waals surface area contributed by atoms with Gasteiger partial charge in [0.15, 0.2) is 0 Å². The van der Waals surface area contributed by atoms with E-state index >= 15 is 0 Å².